The van der Waals surface area contributed by atoms with Gasteiger partial charge in [-0.05, 0) is 57.0 Å². The molecule has 2 aromatic rings. The van der Waals surface area contributed by atoms with Gasteiger partial charge in [0.25, 0.3) is 5.91 Å². The van der Waals surface area contributed by atoms with Gasteiger partial charge < -0.3 is 20.1 Å². The predicted molar refractivity (Wildman–Crippen MR) is 92.1 cm³/mol. The Morgan fingerprint density at radius 1 is 1.32 bits per heavy atom. The van der Waals surface area contributed by atoms with Crippen molar-refractivity contribution in [2.75, 3.05) is 6.54 Å². The Labute approximate surface area is 146 Å². The molecular formula is C19H23FN2O3. The second-order valence-electron chi connectivity index (χ2n) is 6.64. The van der Waals surface area contributed by atoms with E-state index in [0.29, 0.717) is 24.3 Å². The number of carbonyl (C=O) groups is 1. The number of carbonyl (C=O) groups excluding carboxylic acids is 1. The Morgan fingerprint density at radius 3 is 2.68 bits per heavy atom. The van der Waals surface area contributed by atoms with Crippen LogP contribution in [0, 0.1) is 25.6 Å². The maximum atomic E-state index is 12.9. The van der Waals surface area contributed by atoms with Crippen LogP contribution in [0.2, 0.25) is 0 Å². The number of halogens is 1. The van der Waals surface area contributed by atoms with Crippen LogP contribution >= 0.6 is 0 Å². The van der Waals surface area contributed by atoms with Gasteiger partial charge in [-0.3, -0.25) is 4.79 Å². The zero-order chi connectivity index (χ0) is 18.0. The zero-order valence-corrected chi connectivity index (χ0v) is 14.4. The summed E-state index contributed by atoms with van der Waals surface area (Å²) in [6.07, 6.45) is 0.447. The lowest BCUT2D eigenvalue weighted by Crippen LogP contribution is -2.37. The fourth-order valence-electron chi connectivity index (χ4n) is 3.34. The molecule has 1 aromatic heterocycles. The van der Waals surface area contributed by atoms with Gasteiger partial charge in [0.05, 0.1) is 11.7 Å². The van der Waals surface area contributed by atoms with Crippen LogP contribution in [0.3, 0.4) is 0 Å². The molecule has 5 nitrogen and oxygen atoms in total. The average Bonchev–Trinajstić information content (AvgIpc) is 3.10. The maximum absolute atomic E-state index is 12.9. The van der Waals surface area contributed by atoms with Crippen molar-refractivity contribution in [1.29, 1.82) is 0 Å². The number of ether oxygens (including phenoxy) is 1. The first-order chi connectivity index (χ1) is 11.9. The number of hydrogen-bond donors (Lipinski definition) is 3. The van der Waals surface area contributed by atoms with Crippen LogP contribution in [0.1, 0.15) is 34.6 Å². The first kappa shape index (κ1) is 17.5. The highest BCUT2D eigenvalue weighted by molar-refractivity contribution is 5.95. The van der Waals surface area contributed by atoms with Gasteiger partial charge in [0.15, 0.2) is 0 Å². The third kappa shape index (κ3) is 4.02. The Balaban J connectivity index is 1.53. The monoisotopic (exact) mass is 346 g/mol. The second kappa shape index (κ2) is 7.27. The van der Waals surface area contributed by atoms with Gasteiger partial charge in [0.1, 0.15) is 17.7 Å². The number of aryl methyl sites for hydroxylation is 2. The van der Waals surface area contributed by atoms with Crippen LogP contribution in [0.15, 0.2) is 30.3 Å². The normalized spacial score (nSPS) is 22.8. The van der Waals surface area contributed by atoms with E-state index in [1.807, 2.05) is 19.9 Å². The molecular weight excluding hydrogens is 323 g/mol. The molecule has 0 saturated heterocycles. The summed E-state index contributed by atoms with van der Waals surface area (Å²) < 4.78 is 18.7. The van der Waals surface area contributed by atoms with Gasteiger partial charge in [-0.15, -0.1) is 0 Å². The van der Waals surface area contributed by atoms with Gasteiger partial charge in [0.2, 0.25) is 0 Å². The molecule has 1 amide bonds. The Bertz CT molecular complexity index is 742. The minimum atomic E-state index is -0.667. The topological polar surface area (TPSA) is 74.3 Å². The quantitative estimate of drug-likeness (QED) is 0.779. The van der Waals surface area contributed by atoms with Gasteiger partial charge >= 0.3 is 0 Å². The largest absolute Gasteiger partial charge is 0.488 e. The van der Waals surface area contributed by atoms with E-state index < -0.39 is 6.10 Å². The summed E-state index contributed by atoms with van der Waals surface area (Å²) in [5, 5.41) is 13.3. The number of hydrogen-bond acceptors (Lipinski definition) is 3. The van der Waals surface area contributed by atoms with E-state index in [1.165, 1.54) is 12.1 Å². The van der Waals surface area contributed by atoms with Crippen molar-refractivity contribution in [3.05, 3.63) is 53.1 Å². The van der Waals surface area contributed by atoms with E-state index in [-0.39, 0.29) is 23.7 Å². The summed E-state index contributed by atoms with van der Waals surface area (Å²) in [5.74, 6) is 0.00968. The predicted octanol–water partition coefficient (Wildman–Crippen LogP) is 2.72. The molecule has 1 aromatic carbocycles. The van der Waals surface area contributed by atoms with E-state index >= 15 is 0 Å². The number of benzene rings is 1. The van der Waals surface area contributed by atoms with Crippen LogP contribution in [-0.2, 0) is 0 Å². The number of aromatic amines is 1. The van der Waals surface area contributed by atoms with Crippen molar-refractivity contribution in [2.24, 2.45) is 5.92 Å². The molecule has 1 aliphatic rings. The van der Waals surface area contributed by atoms with E-state index in [9.17, 15) is 14.3 Å². The average molecular weight is 346 g/mol. The minimum Gasteiger partial charge on any atom is -0.488 e. The molecule has 3 N–H and O–H groups in total. The molecule has 6 heteroatoms. The van der Waals surface area contributed by atoms with Gasteiger partial charge in [-0.1, -0.05) is 0 Å². The lowest BCUT2D eigenvalue weighted by molar-refractivity contribution is 0.0348. The number of amides is 1. The molecule has 0 unspecified atom stereocenters. The molecule has 1 heterocycles. The molecule has 3 atom stereocenters. The van der Waals surface area contributed by atoms with Crippen molar-refractivity contribution in [3.63, 3.8) is 0 Å². The highest BCUT2D eigenvalue weighted by Crippen LogP contribution is 2.29. The molecule has 25 heavy (non-hydrogen) atoms. The van der Waals surface area contributed by atoms with Crippen LogP contribution in [0.5, 0.6) is 5.75 Å². The van der Waals surface area contributed by atoms with E-state index in [1.54, 1.807) is 12.1 Å². The highest BCUT2D eigenvalue weighted by atomic mass is 19.1. The first-order valence-electron chi connectivity index (χ1n) is 8.48. The summed E-state index contributed by atoms with van der Waals surface area (Å²) in [7, 11) is 0. The van der Waals surface area contributed by atoms with E-state index in [0.717, 1.165) is 17.8 Å². The molecule has 3 rings (SSSR count). The first-order valence-corrected chi connectivity index (χ1v) is 8.48. The lowest BCUT2D eigenvalue weighted by Gasteiger charge is -2.21. The van der Waals surface area contributed by atoms with Gasteiger partial charge in [-0.25, -0.2) is 4.39 Å². The lowest BCUT2D eigenvalue weighted by atomic mass is 10.1. The fourth-order valence-corrected chi connectivity index (χ4v) is 3.34. The third-order valence-electron chi connectivity index (χ3n) is 4.71. The standard InChI is InChI=1S/C19H23FN2O3/c1-11-9-16(12(2)22-11)19(24)21-10-13-3-8-17(18(13)23)25-15-6-4-14(20)5-7-15/h4-7,9,13,17-18,22-23H,3,8,10H2,1-2H3,(H,21,24)/t13-,17-,18-/m1/s1. The number of aliphatic hydroxyl groups excluding tert-OH is 1. The van der Waals surface area contributed by atoms with Gasteiger partial charge in [-0.2, -0.15) is 0 Å². The summed E-state index contributed by atoms with van der Waals surface area (Å²) in [6, 6.07) is 7.57. The highest BCUT2D eigenvalue weighted by Gasteiger charge is 2.36. The number of rotatable bonds is 5. The summed E-state index contributed by atoms with van der Waals surface area (Å²) in [6.45, 7) is 4.16. The zero-order valence-electron chi connectivity index (χ0n) is 14.4. The van der Waals surface area contributed by atoms with Crippen molar-refractivity contribution >= 4 is 5.91 Å². The minimum absolute atomic E-state index is 0.0604. The molecule has 1 fully saturated rings. The number of nitrogens with one attached hydrogen (secondary N) is 2. The Kier molecular flexibility index (Phi) is 5.08. The van der Waals surface area contributed by atoms with Crippen molar-refractivity contribution in [1.82, 2.24) is 10.3 Å². The van der Waals surface area contributed by atoms with Crippen LogP contribution in [0.25, 0.3) is 0 Å². The molecule has 1 saturated carbocycles. The summed E-state index contributed by atoms with van der Waals surface area (Å²) in [4.78, 5) is 15.4. The molecule has 0 spiro atoms. The van der Waals surface area contributed by atoms with E-state index in [2.05, 4.69) is 10.3 Å². The Hall–Kier alpha value is -2.34. The molecule has 134 valence electrons. The molecule has 0 bridgehead atoms. The third-order valence-corrected chi connectivity index (χ3v) is 4.71. The SMILES string of the molecule is Cc1cc(C(=O)NC[C@H]2CC[C@@H](Oc3ccc(F)cc3)[C@@H]2O)c(C)[nH]1. The van der Waals surface area contributed by atoms with Crippen LogP contribution in [-0.4, -0.2) is 34.8 Å². The van der Waals surface area contributed by atoms with Crippen molar-refractivity contribution in [2.45, 2.75) is 38.9 Å². The van der Waals surface area contributed by atoms with Crippen LogP contribution in [0.4, 0.5) is 4.39 Å². The molecule has 0 radical (unpaired) electrons. The smallest absolute Gasteiger partial charge is 0.253 e. The Morgan fingerprint density at radius 2 is 2.04 bits per heavy atom. The van der Waals surface area contributed by atoms with Crippen LogP contribution < -0.4 is 10.1 Å². The summed E-state index contributed by atoms with van der Waals surface area (Å²) in [5.41, 5.74) is 2.40. The van der Waals surface area contributed by atoms with E-state index in [4.69, 9.17) is 4.74 Å². The van der Waals surface area contributed by atoms with Gasteiger partial charge in [0, 0.05) is 23.9 Å². The maximum Gasteiger partial charge on any atom is 0.253 e. The molecule has 0 aliphatic heterocycles. The fraction of sp³-hybridized carbons (Fsp3) is 0.421. The number of H-pyrrole nitrogens is 1. The van der Waals surface area contributed by atoms with Crippen molar-refractivity contribution < 1.29 is 19.0 Å². The molecule has 1 aliphatic carbocycles. The second-order valence-corrected chi connectivity index (χ2v) is 6.64. The summed E-state index contributed by atoms with van der Waals surface area (Å²) >= 11 is 0. The number of aromatic nitrogens is 1. The number of aliphatic hydroxyl groups is 1. The van der Waals surface area contributed by atoms with Crippen molar-refractivity contribution in [3.8, 4) is 5.75 Å².